The lowest BCUT2D eigenvalue weighted by Gasteiger charge is -2.27. The van der Waals surface area contributed by atoms with E-state index in [2.05, 4.69) is 45.8 Å². The van der Waals surface area contributed by atoms with E-state index in [1.807, 2.05) is 29.8 Å². The summed E-state index contributed by atoms with van der Waals surface area (Å²) >= 11 is 0. The lowest BCUT2D eigenvalue weighted by atomic mass is 10.2. The van der Waals surface area contributed by atoms with Gasteiger partial charge in [0, 0.05) is 18.8 Å². The van der Waals surface area contributed by atoms with Crippen LogP contribution < -0.4 is 4.90 Å². The number of aryl methyl sites for hydroxylation is 1. The van der Waals surface area contributed by atoms with E-state index < -0.39 is 0 Å². The summed E-state index contributed by atoms with van der Waals surface area (Å²) in [6.45, 7) is 4.29. The first-order valence-electron chi connectivity index (χ1n) is 6.65. The van der Waals surface area contributed by atoms with Crippen LogP contribution in [0, 0.1) is 0 Å². The zero-order valence-corrected chi connectivity index (χ0v) is 11.9. The first kappa shape index (κ1) is 12.6. The van der Waals surface area contributed by atoms with Crippen LogP contribution in [0.2, 0.25) is 0 Å². The molecule has 0 unspecified atom stereocenters. The molecule has 3 rings (SSSR count). The molecule has 0 amide bonds. The average Bonchev–Trinajstić information content (AvgIpc) is 2.83. The summed E-state index contributed by atoms with van der Waals surface area (Å²) in [7, 11) is 1.94. The van der Waals surface area contributed by atoms with Crippen molar-refractivity contribution in [1.29, 1.82) is 0 Å². The predicted molar refractivity (Wildman–Crippen MR) is 80.0 cm³/mol. The molecule has 20 heavy (non-hydrogen) atoms. The lowest BCUT2D eigenvalue weighted by molar-refractivity contribution is 0.778. The molecule has 0 N–H and O–H groups in total. The smallest absolute Gasteiger partial charge is 0.165 e. The Hall–Kier alpha value is -2.43. The van der Waals surface area contributed by atoms with Crippen LogP contribution in [-0.4, -0.2) is 25.6 Å². The quantitative estimate of drug-likeness (QED) is 0.732. The van der Waals surface area contributed by atoms with E-state index in [9.17, 15) is 0 Å². The fraction of sp³-hybridized carbons (Fsp3) is 0.267. The van der Waals surface area contributed by atoms with E-state index in [0.29, 0.717) is 0 Å². The second-order valence-electron chi connectivity index (χ2n) is 5.02. The van der Waals surface area contributed by atoms with Gasteiger partial charge in [-0.3, -0.25) is 0 Å². The third-order valence-electron chi connectivity index (χ3n) is 3.26. The van der Waals surface area contributed by atoms with Crippen molar-refractivity contribution >= 4 is 22.7 Å². The second kappa shape index (κ2) is 4.92. The highest BCUT2D eigenvalue weighted by atomic mass is 15.2. The fourth-order valence-electron chi connectivity index (χ4n) is 2.36. The first-order chi connectivity index (χ1) is 9.68. The lowest BCUT2D eigenvalue weighted by Crippen LogP contribution is -2.26. The Bertz CT molecular complexity index is 717. The number of anilines is 2. The van der Waals surface area contributed by atoms with Crippen LogP contribution in [0.5, 0.6) is 0 Å². The molecule has 0 aliphatic rings. The molecule has 0 bridgehead atoms. The van der Waals surface area contributed by atoms with Crippen molar-refractivity contribution in [2.75, 3.05) is 4.90 Å². The summed E-state index contributed by atoms with van der Waals surface area (Å²) in [6.07, 6.45) is 3.37. The molecule has 102 valence electrons. The van der Waals surface area contributed by atoms with Crippen molar-refractivity contribution in [2.24, 2.45) is 7.05 Å². The van der Waals surface area contributed by atoms with Crippen LogP contribution in [0.15, 0.2) is 43.0 Å². The summed E-state index contributed by atoms with van der Waals surface area (Å²) in [5.41, 5.74) is 2.78. The standard InChI is InChI=1S/C15H17N5/c1-11(2)20(12-7-5-4-6-8-12)15-13-14(16-9-17-15)19(3)10-18-13/h4-11H,1-3H3. The van der Waals surface area contributed by atoms with E-state index >= 15 is 0 Å². The Kier molecular flexibility index (Phi) is 3.10. The molecule has 0 aliphatic carbocycles. The molecule has 5 nitrogen and oxygen atoms in total. The first-order valence-corrected chi connectivity index (χ1v) is 6.65. The van der Waals surface area contributed by atoms with E-state index in [4.69, 9.17) is 0 Å². The van der Waals surface area contributed by atoms with Crippen molar-refractivity contribution in [1.82, 2.24) is 19.5 Å². The Morgan fingerprint density at radius 2 is 1.80 bits per heavy atom. The summed E-state index contributed by atoms with van der Waals surface area (Å²) in [5.74, 6) is 0.844. The van der Waals surface area contributed by atoms with Crippen molar-refractivity contribution in [3.05, 3.63) is 43.0 Å². The largest absolute Gasteiger partial charge is 0.322 e. The van der Waals surface area contributed by atoms with Crippen molar-refractivity contribution < 1.29 is 0 Å². The van der Waals surface area contributed by atoms with Crippen molar-refractivity contribution in [3.63, 3.8) is 0 Å². The van der Waals surface area contributed by atoms with Gasteiger partial charge in [-0.2, -0.15) is 0 Å². The number of benzene rings is 1. The van der Waals surface area contributed by atoms with Crippen LogP contribution >= 0.6 is 0 Å². The number of hydrogen-bond acceptors (Lipinski definition) is 4. The highest BCUT2D eigenvalue weighted by Crippen LogP contribution is 2.30. The van der Waals surface area contributed by atoms with E-state index in [0.717, 1.165) is 22.7 Å². The van der Waals surface area contributed by atoms with Crippen LogP contribution in [0.25, 0.3) is 11.2 Å². The van der Waals surface area contributed by atoms with Gasteiger partial charge in [0.15, 0.2) is 17.0 Å². The molecule has 0 saturated carbocycles. The normalized spacial score (nSPS) is 11.2. The minimum atomic E-state index is 0.275. The number of nitrogens with zero attached hydrogens (tertiary/aromatic N) is 5. The van der Waals surface area contributed by atoms with E-state index in [-0.39, 0.29) is 6.04 Å². The van der Waals surface area contributed by atoms with Gasteiger partial charge in [0.05, 0.1) is 6.33 Å². The molecule has 3 aromatic rings. The minimum Gasteiger partial charge on any atom is -0.322 e. The van der Waals surface area contributed by atoms with Crippen LogP contribution in [-0.2, 0) is 7.05 Å². The fourth-order valence-corrected chi connectivity index (χ4v) is 2.36. The molecular weight excluding hydrogens is 250 g/mol. The van der Waals surface area contributed by atoms with Gasteiger partial charge in [-0.15, -0.1) is 0 Å². The number of hydrogen-bond donors (Lipinski definition) is 0. The monoisotopic (exact) mass is 267 g/mol. The average molecular weight is 267 g/mol. The maximum absolute atomic E-state index is 4.46. The maximum atomic E-state index is 4.46. The van der Waals surface area contributed by atoms with Crippen molar-refractivity contribution in [2.45, 2.75) is 19.9 Å². The van der Waals surface area contributed by atoms with Gasteiger partial charge in [0.1, 0.15) is 6.33 Å². The maximum Gasteiger partial charge on any atom is 0.165 e. The molecule has 2 heterocycles. The van der Waals surface area contributed by atoms with Crippen LogP contribution in [0.1, 0.15) is 13.8 Å². The third-order valence-corrected chi connectivity index (χ3v) is 3.26. The molecule has 0 fully saturated rings. The number of para-hydroxylation sites is 1. The summed E-state index contributed by atoms with van der Waals surface area (Å²) in [6, 6.07) is 10.5. The predicted octanol–water partition coefficient (Wildman–Crippen LogP) is 2.91. The van der Waals surface area contributed by atoms with Gasteiger partial charge in [0.25, 0.3) is 0 Å². The van der Waals surface area contributed by atoms with Gasteiger partial charge >= 0.3 is 0 Å². The summed E-state index contributed by atoms with van der Waals surface area (Å²) in [5, 5.41) is 0. The molecule has 1 aromatic carbocycles. The Balaban J connectivity index is 2.20. The molecule has 0 atom stereocenters. The topological polar surface area (TPSA) is 46.8 Å². The second-order valence-corrected chi connectivity index (χ2v) is 5.02. The number of fused-ring (bicyclic) bond motifs is 1. The molecule has 2 aromatic heterocycles. The van der Waals surface area contributed by atoms with Gasteiger partial charge in [-0.05, 0) is 26.0 Å². The molecular formula is C15H17N5. The molecule has 0 aliphatic heterocycles. The summed E-state index contributed by atoms with van der Waals surface area (Å²) in [4.78, 5) is 15.4. The van der Waals surface area contributed by atoms with Gasteiger partial charge in [-0.25, -0.2) is 15.0 Å². The van der Waals surface area contributed by atoms with Gasteiger partial charge < -0.3 is 9.47 Å². The molecule has 0 radical (unpaired) electrons. The summed E-state index contributed by atoms with van der Waals surface area (Å²) < 4.78 is 1.91. The van der Waals surface area contributed by atoms with E-state index in [1.165, 1.54) is 0 Å². The highest BCUT2D eigenvalue weighted by molar-refractivity contribution is 5.86. The van der Waals surface area contributed by atoms with Gasteiger partial charge in [0.2, 0.25) is 0 Å². The third kappa shape index (κ3) is 2.01. The number of rotatable bonds is 3. The molecule has 0 spiro atoms. The Labute approximate surface area is 117 Å². The SMILES string of the molecule is CC(C)N(c1ccccc1)c1ncnc2c1ncn2C. The number of aromatic nitrogens is 4. The van der Waals surface area contributed by atoms with Crippen LogP contribution in [0.4, 0.5) is 11.5 Å². The Morgan fingerprint density at radius 3 is 2.50 bits per heavy atom. The Morgan fingerprint density at radius 1 is 1.05 bits per heavy atom. The van der Waals surface area contributed by atoms with E-state index in [1.54, 1.807) is 12.7 Å². The van der Waals surface area contributed by atoms with Gasteiger partial charge in [-0.1, -0.05) is 18.2 Å². The highest BCUT2D eigenvalue weighted by Gasteiger charge is 2.19. The molecule has 0 saturated heterocycles. The zero-order valence-electron chi connectivity index (χ0n) is 11.9. The molecule has 5 heteroatoms. The minimum absolute atomic E-state index is 0.275. The van der Waals surface area contributed by atoms with Crippen molar-refractivity contribution in [3.8, 4) is 0 Å². The number of imidazole rings is 1. The van der Waals surface area contributed by atoms with Crippen LogP contribution in [0.3, 0.4) is 0 Å². The zero-order chi connectivity index (χ0) is 14.1.